The van der Waals surface area contributed by atoms with Crippen molar-refractivity contribution in [1.82, 2.24) is 4.90 Å². The highest BCUT2D eigenvalue weighted by Crippen LogP contribution is 2.29. The molecule has 82 valence electrons. The standard InChI is InChI=1S/C12H24N2/c13-7-4-11-5-8-14(9-6-11)10-12-2-1-3-12/h11-12H,1-10,13H2. The van der Waals surface area contributed by atoms with Crippen molar-refractivity contribution >= 4 is 0 Å². The SMILES string of the molecule is NCCC1CCN(CC2CCC2)CC1. The molecule has 0 unspecified atom stereocenters. The molecule has 2 aliphatic rings. The molecular formula is C12H24N2. The maximum atomic E-state index is 5.59. The van der Waals surface area contributed by atoms with Crippen molar-refractivity contribution in [3.05, 3.63) is 0 Å². The second-order valence-corrected chi connectivity index (χ2v) is 5.12. The van der Waals surface area contributed by atoms with Gasteiger partial charge in [0.15, 0.2) is 0 Å². The van der Waals surface area contributed by atoms with Crippen LogP contribution in [0.3, 0.4) is 0 Å². The van der Waals surface area contributed by atoms with Gasteiger partial charge < -0.3 is 10.6 Å². The van der Waals surface area contributed by atoms with Gasteiger partial charge in [0.1, 0.15) is 0 Å². The summed E-state index contributed by atoms with van der Waals surface area (Å²) in [6, 6.07) is 0. The highest BCUT2D eigenvalue weighted by Gasteiger charge is 2.24. The van der Waals surface area contributed by atoms with Gasteiger partial charge in [-0.3, -0.25) is 0 Å². The molecule has 0 radical (unpaired) electrons. The Hall–Kier alpha value is -0.0800. The molecule has 2 nitrogen and oxygen atoms in total. The molecule has 0 aromatic heterocycles. The summed E-state index contributed by atoms with van der Waals surface area (Å²) < 4.78 is 0. The molecule has 2 N–H and O–H groups in total. The first-order chi connectivity index (χ1) is 6.88. The Labute approximate surface area is 87.8 Å². The second-order valence-electron chi connectivity index (χ2n) is 5.12. The third-order valence-corrected chi connectivity index (χ3v) is 4.02. The summed E-state index contributed by atoms with van der Waals surface area (Å²) in [4.78, 5) is 2.68. The molecule has 0 spiro atoms. The van der Waals surface area contributed by atoms with Crippen molar-refractivity contribution in [1.29, 1.82) is 0 Å². The first-order valence-corrected chi connectivity index (χ1v) is 6.31. The van der Waals surface area contributed by atoms with E-state index < -0.39 is 0 Å². The first-order valence-electron chi connectivity index (χ1n) is 6.31. The molecule has 2 heteroatoms. The quantitative estimate of drug-likeness (QED) is 0.743. The van der Waals surface area contributed by atoms with Gasteiger partial charge in [0.2, 0.25) is 0 Å². The minimum absolute atomic E-state index is 0.882. The van der Waals surface area contributed by atoms with Crippen LogP contribution in [0.4, 0.5) is 0 Å². The summed E-state index contributed by atoms with van der Waals surface area (Å²) in [5, 5.41) is 0. The Balaban J connectivity index is 1.62. The fourth-order valence-corrected chi connectivity index (χ4v) is 2.73. The van der Waals surface area contributed by atoms with E-state index in [2.05, 4.69) is 4.90 Å². The molecule has 1 aliphatic carbocycles. The van der Waals surface area contributed by atoms with E-state index in [1.165, 1.54) is 58.2 Å². The molecule has 1 saturated carbocycles. The molecule has 14 heavy (non-hydrogen) atoms. The van der Waals surface area contributed by atoms with Crippen LogP contribution < -0.4 is 5.73 Å². The van der Waals surface area contributed by atoms with Crippen LogP contribution >= 0.6 is 0 Å². The molecule has 0 atom stereocenters. The van der Waals surface area contributed by atoms with Crippen molar-refractivity contribution in [2.24, 2.45) is 17.6 Å². The normalized spacial score (nSPS) is 26.4. The zero-order chi connectivity index (χ0) is 9.80. The summed E-state index contributed by atoms with van der Waals surface area (Å²) in [7, 11) is 0. The molecule has 0 aromatic rings. The average Bonchev–Trinajstić information content (AvgIpc) is 2.14. The van der Waals surface area contributed by atoms with Gasteiger partial charge in [0.25, 0.3) is 0 Å². The van der Waals surface area contributed by atoms with Gasteiger partial charge in [-0.25, -0.2) is 0 Å². The van der Waals surface area contributed by atoms with Crippen LogP contribution in [0.25, 0.3) is 0 Å². The van der Waals surface area contributed by atoms with Crippen LogP contribution in [0.15, 0.2) is 0 Å². The summed E-state index contributed by atoms with van der Waals surface area (Å²) in [6.45, 7) is 4.94. The summed E-state index contributed by atoms with van der Waals surface area (Å²) in [6.07, 6.45) is 8.49. The second kappa shape index (κ2) is 5.13. The summed E-state index contributed by atoms with van der Waals surface area (Å²) in [5.41, 5.74) is 5.59. The van der Waals surface area contributed by atoms with Gasteiger partial charge in [0.05, 0.1) is 0 Å². The Morgan fingerprint density at radius 2 is 1.71 bits per heavy atom. The van der Waals surface area contributed by atoms with Crippen LogP contribution in [-0.4, -0.2) is 31.1 Å². The first kappa shape index (κ1) is 10.4. The van der Waals surface area contributed by atoms with E-state index in [0.717, 1.165) is 18.4 Å². The maximum Gasteiger partial charge on any atom is 0.000966 e. The van der Waals surface area contributed by atoms with Crippen molar-refractivity contribution in [3.63, 3.8) is 0 Å². The van der Waals surface area contributed by atoms with E-state index in [1.54, 1.807) is 0 Å². The predicted octanol–water partition coefficient (Wildman–Crippen LogP) is 1.85. The van der Waals surface area contributed by atoms with E-state index in [0.29, 0.717) is 0 Å². The summed E-state index contributed by atoms with van der Waals surface area (Å²) in [5.74, 6) is 1.97. The number of rotatable bonds is 4. The van der Waals surface area contributed by atoms with Crippen molar-refractivity contribution < 1.29 is 0 Å². The van der Waals surface area contributed by atoms with Crippen LogP contribution in [0.1, 0.15) is 38.5 Å². The van der Waals surface area contributed by atoms with E-state index >= 15 is 0 Å². The molecule has 2 rings (SSSR count). The Morgan fingerprint density at radius 1 is 1.00 bits per heavy atom. The minimum atomic E-state index is 0.882. The molecule has 0 amide bonds. The monoisotopic (exact) mass is 196 g/mol. The average molecular weight is 196 g/mol. The van der Waals surface area contributed by atoms with Gasteiger partial charge in [-0.2, -0.15) is 0 Å². The topological polar surface area (TPSA) is 29.3 Å². The number of hydrogen-bond donors (Lipinski definition) is 1. The number of hydrogen-bond acceptors (Lipinski definition) is 2. The van der Waals surface area contributed by atoms with Gasteiger partial charge in [0, 0.05) is 6.54 Å². The number of nitrogens with two attached hydrogens (primary N) is 1. The molecule has 1 saturated heterocycles. The Morgan fingerprint density at radius 3 is 2.21 bits per heavy atom. The molecule has 1 heterocycles. The number of nitrogens with zero attached hydrogens (tertiary/aromatic N) is 1. The zero-order valence-corrected chi connectivity index (χ0v) is 9.25. The maximum absolute atomic E-state index is 5.59. The Kier molecular flexibility index (Phi) is 3.82. The lowest BCUT2D eigenvalue weighted by Crippen LogP contribution is -2.39. The molecule has 1 aliphatic heterocycles. The lowest BCUT2D eigenvalue weighted by atomic mass is 9.84. The lowest BCUT2D eigenvalue weighted by Gasteiger charge is -2.36. The van der Waals surface area contributed by atoms with Gasteiger partial charge in [-0.1, -0.05) is 6.42 Å². The van der Waals surface area contributed by atoms with Crippen molar-refractivity contribution in [2.75, 3.05) is 26.2 Å². The van der Waals surface area contributed by atoms with Crippen LogP contribution in [0.5, 0.6) is 0 Å². The van der Waals surface area contributed by atoms with Gasteiger partial charge in [-0.05, 0) is 63.6 Å². The van der Waals surface area contributed by atoms with Crippen LogP contribution in [0.2, 0.25) is 0 Å². The third kappa shape index (κ3) is 2.71. The minimum Gasteiger partial charge on any atom is -0.330 e. The Bertz CT molecular complexity index is 158. The van der Waals surface area contributed by atoms with Gasteiger partial charge in [-0.15, -0.1) is 0 Å². The van der Waals surface area contributed by atoms with Crippen molar-refractivity contribution in [3.8, 4) is 0 Å². The van der Waals surface area contributed by atoms with E-state index in [1.807, 2.05) is 0 Å². The molecule has 2 fully saturated rings. The van der Waals surface area contributed by atoms with Gasteiger partial charge >= 0.3 is 0 Å². The van der Waals surface area contributed by atoms with E-state index in [-0.39, 0.29) is 0 Å². The van der Waals surface area contributed by atoms with Crippen LogP contribution in [0, 0.1) is 11.8 Å². The smallest absolute Gasteiger partial charge is 0.000966 e. The van der Waals surface area contributed by atoms with E-state index in [4.69, 9.17) is 5.73 Å². The fourth-order valence-electron chi connectivity index (χ4n) is 2.73. The van der Waals surface area contributed by atoms with Crippen molar-refractivity contribution in [2.45, 2.75) is 38.5 Å². The van der Waals surface area contributed by atoms with Crippen LogP contribution in [-0.2, 0) is 0 Å². The number of piperidine rings is 1. The third-order valence-electron chi connectivity index (χ3n) is 4.02. The predicted molar refractivity (Wildman–Crippen MR) is 60.2 cm³/mol. The summed E-state index contributed by atoms with van der Waals surface area (Å²) >= 11 is 0. The molecule has 0 aromatic carbocycles. The highest BCUT2D eigenvalue weighted by atomic mass is 15.1. The largest absolute Gasteiger partial charge is 0.330 e. The fraction of sp³-hybridized carbons (Fsp3) is 1.00. The number of likely N-dealkylation sites (tertiary alicyclic amines) is 1. The lowest BCUT2D eigenvalue weighted by molar-refractivity contribution is 0.129. The molecule has 0 bridgehead atoms. The molecular weight excluding hydrogens is 172 g/mol. The highest BCUT2D eigenvalue weighted by molar-refractivity contribution is 4.78. The van der Waals surface area contributed by atoms with E-state index in [9.17, 15) is 0 Å². The zero-order valence-electron chi connectivity index (χ0n) is 9.25.